The van der Waals surface area contributed by atoms with Gasteiger partial charge in [-0.3, -0.25) is 4.57 Å². The van der Waals surface area contributed by atoms with E-state index < -0.39 is 23.7 Å². The van der Waals surface area contributed by atoms with Gasteiger partial charge in [-0.15, -0.1) is 0 Å². The number of hydrogen-bond acceptors (Lipinski definition) is 6. The number of benzene rings is 1. The van der Waals surface area contributed by atoms with Crippen LogP contribution in [-0.4, -0.2) is 30.2 Å². The van der Waals surface area contributed by atoms with Gasteiger partial charge in [0.05, 0.1) is 24.8 Å². The molecule has 1 heterocycles. The standard InChI is InChI=1S/C16H19NO6/c1-4-8-22-15(19)11(5-2)17-12-7-6-10(14(18)21-3)9-13(12)23-16(17)20/h6-7,9,11H,4-5,8H2,1-3H3. The van der Waals surface area contributed by atoms with Crippen LogP contribution in [0.5, 0.6) is 0 Å². The van der Waals surface area contributed by atoms with Gasteiger partial charge >= 0.3 is 17.7 Å². The molecule has 2 rings (SSSR count). The molecular weight excluding hydrogens is 302 g/mol. The van der Waals surface area contributed by atoms with E-state index in [-0.39, 0.29) is 11.1 Å². The van der Waals surface area contributed by atoms with Gasteiger partial charge in [-0.1, -0.05) is 13.8 Å². The fourth-order valence-corrected chi connectivity index (χ4v) is 2.33. The van der Waals surface area contributed by atoms with Crippen LogP contribution in [-0.2, 0) is 14.3 Å². The molecule has 1 aromatic heterocycles. The molecule has 0 saturated carbocycles. The molecule has 0 fully saturated rings. The number of nitrogens with zero attached hydrogens (tertiary/aromatic N) is 1. The first kappa shape index (κ1) is 16.8. The summed E-state index contributed by atoms with van der Waals surface area (Å²) in [5.41, 5.74) is 0.921. The first-order valence-corrected chi connectivity index (χ1v) is 7.43. The zero-order valence-electron chi connectivity index (χ0n) is 13.3. The monoisotopic (exact) mass is 321 g/mol. The molecule has 1 aromatic carbocycles. The highest BCUT2D eigenvalue weighted by Gasteiger charge is 2.25. The van der Waals surface area contributed by atoms with E-state index in [1.54, 1.807) is 13.0 Å². The number of rotatable bonds is 6. The number of carbonyl (C=O) groups is 2. The Balaban J connectivity index is 2.47. The third-order valence-electron chi connectivity index (χ3n) is 3.45. The van der Waals surface area contributed by atoms with Crippen molar-refractivity contribution in [2.45, 2.75) is 32.7 Å². The quantitative estimate of drug-likeness (QED) is 0.759. The molecule has 0 saturated heterocycles. The number of carbonyl (C=O) groups excluding carboxylic acids is 2. The fraction of sp³-hybridized carbons (Fsp3) is 0.438. The highest BCUT2D eigenvalue weighted by Crippen LogP contribution is 2.22. The van der Waals surface area contributed by atoms with Crippen LogP contribution in [0.4, 0.5) is 0 Å². The third-order valence-corrected chi connectivity index (χ3v) is 3.45. The molecule has 0 aliphatic rings. The molecule has 1 unspecified atom stereocenters. The average molecular weight is 321 g/mol. The van der Waals surface area contributed by atoms with Crippen molar-refractivity contribution in [3.63, 3.8) is 0 Å². The molecule has 7 heteroatoms. The molecule has 23 heavy (non-hydrogen) atoms. The van der Waals surface area contributed by atoms with Crippen molar-refractivity contribution in [1.82, 2.24) is 4.57 Å². The summed E-state index contributed by atoms with van der Waals surface area (Å²) >= 11 is 0. The topological polar surface area (TPSA) is 87.7 Å². The number of ether oxygens (including phenoxy) is 2. The summed E-state index contributed by atoms with van der Waals surface area (Å²) in [6.45, 7) is 3.97. The van der Waals surface area contributed by atoms with Crippen molar-refractivity contribution in [3.8, 4) is 0 Å². The average Bonchev–Trinajstić information content (AvgIpc) is 2.88. The number of fused-ring (bicyclic) bond motifs is 1. The molecule has 7 nitrogen and oxygen atoms in total. The van der Waals surface area contributed by atoms with Gasteiger partial charge in [0.2, 0.25) is 0 Å². The highest BCUT2D eigenvalue weighted by molar-refractivity contribution is 5.93. The van der Waals surface area contributed by atoms with Crippen molar-refractivity contribution in [2.75, 3.05) is 13.7 Å². The van der Waals surface area contributed by atoms with Crippen LogP contribution >= 0.6 is 0 Å². The maximum absolute atomic E-state index is 12.2. The van der Waals surface area contributed by atoms with Crippen LogP contribution in [0.3, 0.4) is 0 Å². The summed E-state index contributed by atoms with van der Waals surface area (Å²) in [6, 6.07) is 3.73. The molecule has 0 spiro atoms. The van der Waals surface area contributed by atoms with Gasteiger partial charge in [0.1, 0.15) is 6.04 Å². The van der Waals surface area contributed by atoms with Gasteiger partial charge < -0.3 is 13.9 Å². The molecule has 0 aliphatic carbocycles. The van der Waals surface area contributed by atoms with Gasteiger partial charge in [-0.2, -0.15) is 0 Å². The lowest BCUT2D eigenvalue weighted by Gasteiger charge is -2.14. The molecular formula is C16H19NO6. The Hall–Kier alpha value is -2.57. The minimum Gasteiger partial charge on any atom is -0.465 e. The zero-order valence-corrected chi connectivity index (χ0v) is 13.3. The second-order valence-corrected chi connectivity index (χ2v) is 5.00. The summed E-state index contributed by atoms with van der Waals surface area (Å²) in [4.78, 5) is 35.8. The minimum atomic E-state index is -0.765. The van der Waals surface area contributed by atoms with E-state index in [1.165, 1.54) is 23.8 Å². The second-order valence-electron chi connectivity index (χ2n) is 5.00. The van der Waals surface area contributed by atoms with E-state index in [2.05, 4.69) is 4.74 Å². The molecule has 0 aliphatic heterocycles. The second kappa shape index (κ2) is 7.13. The van der Waals surface area contributed by atoms with E-state index in [9.17, 15) is 14.4 Å². The van der Waals surface area contributed by atoms with Crippen LogP contribution in [0.2, 0.25) is 0 Å². The lowest BCUT2D eigenvalue weighted by atomic mass is 10.2. The largest absolute Gasteiger partial charge is 0.465 e. The van der Waals surface area contributed by atoms with E-state index in [0.717, 1.165) is 0 Å². The van der Waals surface area contributed by atoms with Crippen LogP contribution in [0.25, 0.3) is 11.1 Å². The molecule has 0 radical (unpaired) electrons. The molecule has 0 amide bonds. The van der Waals surface area contributed by atoms with E-state index in [1.807, 2.05) is 6.92 Å². The van der Waals surface area contributed by atoms with Crippen molar-refractivity contribution >= 4 is 23.0 Å². The summed E-state index contributed by atoms with van der Waals surface area (Å²) in [7, 11) is 1.27. The van der Waals surface area contributed by atoms with E-state index in [0.29, 0.717) is 25.0 Å². The van der Waals surface area contributed by atoms with Crippen LogP contribution in [0.15, 0.2) is 27.4 Å². The number of methoxy groups -OCH3 is 1. The Morgan fingerprint density at radius 3 is 2.65 bits per heavy atom. The Labute approximate surface area is 132 Å². The number of esters is 2. The zero-order chi connectivity index (χ0) is 17.0. The Kier molecular flexibility index (Phi) is 5.20. The predicted octanol–water partition coefficient (Wildman–Crippen LogP) is 2.29. The Morgan fingerprint density at radius 2 is 2.04 bits per heavy atom. The van der Waals surface area contributed by atoms with Crippen molar-refractivity contribution in [3.05, 3.63) is 34.3 Å². The molecule has 0 N–H and O–H groups in total. The van der Waals surface area contributed by atoms with Gasteiger partial charge in [0.25, 0.3) is 0 Å². The van der Waals surface area contributed by atoms with Gasteiger partial charge in [-0.25, -0.2) is 14.4 Å². The Morgan fingerprint density at radius 1 is 1.30 bits per heavy atom. The van der Waals surface area contributed by atoms with Gasteiger partial charge in [-0.05, 0) is 31.0 Å². The number of oxazole rings is 1. The third kappa shape index (κ3) is 3.28. The lowest BCUT2D eigenvalue weighted by molar-refractivity contribution is -0.147. The number of hydrogen-bond donors (Lipinski definition) is 0. The van der Waals surface area contributed by atoms with Gasteiger partial charge in [0.15, 0.2) is 5.58 Å². The fourth-order valence-electron chi connectivity index (χ4n) is 2.33. The van der Waals surface area contributed by atoms with Crippen LogP contribution < -0.4 is 5.76 Å². The maximum atomic E-state index is 12.2. The maximum Gasteiger partial charge on any atom is 0.420 e. The van der Waals surface area contributed by atoms with Crippen LogP contribution in [0.1, 0.15) is 43.1 Å². The SMILES string of the molecule is CCCOC(=O)C(CC)n1c(=O)oc2cc(C(=O)OC)ccc21. The number of aromatic nitrogens is 1. The first-order valence-electron chi connectivity index (χ1n) is 7.43. The van der Waals surface area contributed by atoms with E-state index >= 15 is 0 Å². The highest BCUT2D eigenvalue weighted by atomic mass is 16.5. The van der Waals surface area contributed by atoms with E-state index in [4.69, 9.17) is 9.15 Å². The summed E-state index contributed by atoms with van der Waals surface area (Å²) < 4.78 is 16.2. The van der Waals surface area contributed by atoms with Gasteiger partial charge in [0, 0.05) is 0 Å². The molecule has 124 valence electrons. The molecule has 0 bridgehead atoms. The summed E-state index contributed by atoms with van der Waals surface area (Å²) in [5, 5.41) is 0. The smallest absolute Gasteiger partial charge is 0.420 e. The van der Waals surface area contributed by atoms with Crippen molar-refractivity contribution in [1.29, 1.82) is 0 Å². The lowest BCUT2D eigenvalue weighted by Crippen LogP contribution is -2.28. The minimum absolute atomic E-state index is 0.222. The molecule has 1 atom stereocenters. The van der Waals surface area contributed by atoms with Crippen LogP contribution in [0, 0.1) is 0 Å². The summed E-state index contributed by atoms with van der Waals surface area (Å²) in [6.07, 6.45) is 1.08. The molecule has 2 aromatic rings. The Bertz CT molecular complexity index is 772. The predicted molar refractivity (Wildman–Crippen MR) is 82.4 cm³/mol. The summed E-state index contributed by atoms with van der Waals surface area (Å²) in [5.74, 6) is -1.67. The normalized spacial score (nSPS) is 12.1. The first-order chi connectivity index (χ1) is 11.0. The van der Waals surface area contributed by atoms with Crippen molar-refractivity contribution in [2.24, 2.45) is 0 Å². The van der Waals surface area contributed by atoms with Crippen molar-refractivity contribution < 1.29 is 23.5 Å².